The second-order valence-corrected chi connectivity index (χ2v) is 3.00. The molecular weight excluding hydrogens is 114 g/mol. The van der Waals surface area contributed by atoms with E-state index in [2.05, 4.69) is 0 Å². The molecule has 0 heterocycles. The highest BCUT2D eigenvalue weighted by Gasteiger charge is 2.40. The molecule has 1 aliphatic carbocycles. The highest BCUT2D eigenvalue weighted by molar-refractivity contribution is 5.61. The van der Waals surface area contributed by atoms with Crippen molar-refractivity contribution in [2.75, 3.05) is 0 Å². The number of nitrogens with two attached hydrogens (primary N) is 1. The Morgan fingerprint density at radius 3 is 2.44 bits per heavy atom. The smallest absolute Gasteiger partial charge is 0.126 e. The average molecular weight is 127 g/mol. The fourth-order valence-corrected chi connectivity index (χ4v) is 1.45. The van der Waals surface area contributed by atoms with Gasteiger partial charge in [0.1, 0.15) is 6.29 Å². The summed E-state index contributed by atoms with van der Waals surface area (Å²) in [5, 5.41) is 0. The Hall–Kier alpha value is -0.370. The molecule has 52 valence electrons. The van der Waals surface area contributed by atoms with Gasteiger partial charge in [0, 0.05) is 11.5 Å². The molecule has 2 heteroatoms. The minimum absolute atomic E-state index is 0.0284. The Kier molecular flexibility index (Phi) is 1.58. The molecule has 1 aliphatic rings. The van der Waals surface area contributed by atoms with Crippen LogP contribution in [0.25, 0.3) is 0 Å². The van der Waals surface area contributed by atoms with E-state index in [0.29, 0.717) is 0 Å². The second-order valence-electron chi connectivity index (χ2n) is 3.00. The number of hydrogen-bond donors (Lipinski definition) is 1. The minimum atomic E-state index is -0.0284. The van der Waals surface area contributed by atoms with Crippen LogP contribution in [0, 0.1) is 5.41 Å². The Balaban J connectivity index is 2.45. The van der Waals surface area contributed by atoms with Gasteiger partial charge in [-0.1, -0.05) is 6.92 Å². The van der Waals surface area contributed by atoms with Gasteiger partial charge in [0.15, 0.2) is 0 Å². The fraction of sp³-hybridized carbons (Fsp3) is 0.857. The highest BCUT2D eigenvalue weighted by atomic mass is 16.1. The van der Waals surface area contributed by atoms with Gasteiger partial charge >= 0.3 is 0 Å². The summed E-state index contributed by atoms with van der Waals surface area (Å²) in [6.45, 7) is 2.04. The van der Waals surface area contributed by atoms with Gasteiger partial charge in [-0.2, -0.15) is 0 Å². The monoisotopic (exact) mass is 127 g/mol. The first-order valence-electron chi connectivity index (χ1n) is 3.44. The third-order valence-corrected chi connectivity index (χ3v) is 2.29. The Morgan fingerprint density at radius 2 is 2.33 bits per heavy atom. The summed E-state index contributed by atoms with van der Waals surface area (Å²) in [4.78, 5) is 10.4. The quantitative estimate of drug-likeness (QED) is 0.555. The van der Waals surface area contributed by atoms with E-state index in [1.807, 2.05) is 6.92 Å². The average Bonchev–Trinajstić information content (AvgIpc) is 1.81. The molecule has 1 fully saturated rings. The molecule has 0 unspecified atom stereocenters. The summed E-state index contributed by atoms with van der Waals surface area (Å²) in [6, 6.07) is 0.287. The maximum Gasteiger partial charge on any atom is 0.126 e. The SMILES string of the molecule is CCC1(C=O)CC(N)C1. The van der Waals surface area contributed by atoms with Crippen LogP contribution >= 0.6 is 0 Å². The number of hydrogen-bond acceptors (Lipinski definition) is 2. The van der Waals surface area contributed by atoms with Crippen molar-refractivity contribution in [2.24, 2.45) is 11.1 Å². The van der Waals surface area contributed by atoms with Crippen LogP contribution in [0.2, 0.25) is 0 Å². The summed E-state index contributed by atoms with van der Waals surface area (Å²) in [7, 11) is 0. The van der Waals surface area contributed by atoms with Crippen LogP contribution in [0.15, 0.2) is 0 Å². The minimum Gasteiger partial charge on any atom is -0.328 e. The molecule has 9 heavy (non-hydrogen) atoms. The largest absolute Gasteiger partial charge is 0.328 e. The van der Waals surface area contributed by atoms with E-state index in [4.69, 9.17) is 5.73 Å². The van der Waals surface area contributed by atoms with Crippen LogP contribution in [-0.4, -0.2) is 12.3 Å². The van der Waals surface area contributed by atoms with Crippen molar-refractivity contribution in [3.63, 3.8) is 0 Å². The maximum atomic E-state index is 10.4. The lowest BCUT2D eigenvalue weighted by Gasteiger charge is -2.41. The van der Waals surface area contributed by atoms with Crippen LogP contribution in [-0.2, 0) is 4.79 Å². The maximum absolute atomic E-state index is 10.4. The van der Waals surface area contributed by atoms with Crippen LogP contribution in [0.4, 0.5) is 0 Å². The van der Waals surface area contributed by atoms with Crippen molar-refractivity contribution in [2.45, 2.75) is 32.2 Å². The Bertz CT molecular complexity index is 116. The zero-order valence-corrected chi connectivity index (χ0v) is 5.76. The second kappa shape index (κ2) is 2.10. The van der Waals surface area contributed by atoms with E-state index in [1.165, 1.54) is 0 Å². The van der Waals surface area contributed by atoms with Crippen LogP contribution < -0.4 is 5.73 Å². The molecule has 0 radical (unpaired) electrons. The normalized spacial score (nSPS) is 41.8. The first-order valence-corrected chi connectivity index (χ1v) is 3.44. The first-order chi connectivity index (χ1) is 4.22. The molecule has 0 amide bonds. The van der Waals surface area contributed by atoms with Gasteiger partial charge in [-0.3, -0.25) is 0 Å². The van der Waals surface area contributed by atoms with Gasteiger partial charge in [-0.25, -0.2) is 0 Å². The molecule has 0 saturated heterocycles. The van der Waals surface area contributed by atoms with E-state index < -0.39 is 0 Å². The van der Waals surface area contributed by atoms with Crippen LogP contribution in [0.5, 0.6) is 0 Å². The van der Waals surface area contributed by atoms with Crippen molar-refractivity contribution in [3.05, 3.63) is 0 Å². The topological polar surface area (TPSA) is 43.1 Å². The molecule has 1 rings (SSSR count). The summed E-state index contributed by atoms with van der Waals surface area (Å²) >= 11 is 0. The zero-order valence-electron chi connectivity index (χ0n) is 5.76. The summed E-state index contributed by atoms with van der Waals surface area (Å²) < 4.78 is 0. The molecule has 1 saturated carbocycles. The third-order valence-electron chi connectivity index (χ3n) is 2.29. The molecule has 0 aromatic carbocycles. The van der Waals surface area contributed by atoms with Crippen molar-refractivity contribution in [3.8, 4) is 0 Å². The summed E-state index contributed by atoms with van der Waals surface area (Å²) in [5.41, 5.74) is 5.52. The van der Waals surface area contributed by atoms with Gasteiger partial charge in [-0.15, -0.1) is 0 Å². The molecule has 0 spiro atoms. The predicted octanol–water partition coefficient (Wildman–Crippen LogP) is 0.703. The van der Waals surface area contributed by atoms with Gasteiger partial charge in [0.25, 0.3) is 0 Å². The molecule has 2 nitrogen and oxygen atoms in total. The Labute approximate surface area is 55.4 Å². The van der Waals surface area contributed by atoms with Crippen LogP contribution in [0.3, 0.4) is 0 Å². The van der Waals surface area contributed by atoms with Gasteiger partial charge < -0.3 is 10.5 Å². The number of rotatable bonds is 2. The highest BCUT2D eigenvalue weighted by Crippen LogP contribution is 2.40. The lowest BCUT2D eigenvalue weighted by Crippen LogP contribution is -2.46. The number of carbonyl (C=O) groups excluding carboxylic acids is 1. The fourth-order valence-electron chi connectivity index (χ4n) is 1.45. The van der Waals surface area contributed by atoms with E-state index in [9.17, 15) is 4.79 Å². The van der Waals surface area contributed by atoms with Crippen molar-refractivity contribution in [1.29, 1.82) is 0 Å². The molecule has 0 aliphatic heterocycles. The lowest BCUT2D eigenvalue weighted by molar-refractivity contribution is -0.121. The Morgan fingerprint density at radius 1 is 1.78 bits per heavy atom. The molecule has 2 N–H and O–H groups in total. The molecule has 0 aromatic heterocycles. The summed E-state index contributed by atoms with van der Waals surface area (Å²) in [6.07, 6.45) is 3.81. The lowest BCUT2D eigenvalue weighted by atomic mass is 9.65. The van der Waals surface area contributed by atoms with Gasteiger partial charge in [0.05, 0.1) is 0 Å². The standard InChI is InChI=1S/C7H13NO/c1-2-7(5-9)3-6(8)4-7/h5-6H,2-4,8H2,1H3. The third kappa shape index (κ3) is 0.990. The first kappa shape index (κ1) is 6.75. The molecule has 0 bridgehead atoms. The van der Waals surface area contributed by atoms with Gasteiger partial charge in [-0.05, 0) is 19.3 Å². The van der Waals surface area contributed by atoms with Gasteiger partial charge in [0.2, 0.25) is 0 Å². The number of aldehydes is 1. The van der Waals surface area contributed by atoms with E-state index >= 15 is 0 Å². The van der Waals surface area contributed by atoms with E-state index in [0.717, 1.165) is 25.5 Å². The number of carbonyl (C=O) groups is 1. The van der Waals surface area contributed by atoms with Crippen LogP contribution in [0.1, 0.15) is 26.2 Å². The van der Waals surface area contributed by atoms with Crippen molar-refractivity contribution in [1.82, 2.24) is 0 Å². The predicted molar refractivity (Wildman–Crippen MR) is 36.0 cm³/mol. The molecule has 0 atom stereocenters. The molecule has 0 aromatic rings. The van der Waals surface area contributed by atoms with Crippen molar-refractivity contribution >= 4 is 6.29 Å². The molecular formula is C7H13NO. The van der Waals surface area contributed by atoms with E-state index in [1.54, 1.807) is 0 Å². The van der Waals surface area contributed by atoms with Crippen molar-refractivity contribution < 1.29 is 4.79 Å². The summed E-state index contributed by atoms with van der Waals surface area (Å²) in [5.74, 6) is 0. The van der Waals surface area contributed by atoms with E-state index in [-0.39, 0.29) is 11.5 Å². The zero-order chi connectivity index (χ0) is 6.91.